The Bertz CT molecular complexity index is 1430. The molecule has 3 aromatic rings. The molecule has 1 saturated heterocycles. The fourth-order valence-corrected chi connectivity index (χ4v) is 4.48. The fraction of sp³-hybridized carbons (Fsp3) is 0.400. The Morgan fingerprint density at radius 2 is 1.97 bits per heavy atom. The van der Waals surface area contributed by atoms with E-state index in [0.717, 1.165) is 6.20 Å². The van der Waals surface area contributed by atoms with Crippen LogP contribution in [0.5, 0.6) is 0 Å². The highest BCUT2D eigenvalue weighted by Crippen LogP contribution is 2.36. The van der Waals surface area contributed by atoms with E-state index in [9.17, 15) is 29.0 Å². The zero-order valence-corrected chi connectivity index (χ0v) is 20.8. The van der Waals surface area contributed by atoms with E-state index in [1.807, 2.05) is 4.90 Å². The number of amides is 2. The Balaban J connectivity index is 1.47. The van der Waals surface area contributed by atoms with Crippen LogP contribution in [0.15, 0.2) is 30.7 Å². The highest BCUT2D eigenvalue weighted by molar-refractivity contribution is 6.10. The minimum atomic E-state index is -1.64. The van der Waals surface area contributed by atoms with Gasteiger partial charge in [0.2, 0.25) is 0 Å². The molecule has 200 valence electrons. The third-order valence-corrected chi connectivity index (χ3v) is 6.70. The van der Waals surface area contributed by atoms with Crippen LogP contribution in [0.3, 0.4) is 0 Å². The number of morpholine rings is 1. The van der Waals surface area contributed by atoms with Crippen LogP contribution in [-0.2, 0) is 11.3 Å². The van der Waals surface area contributed by atoms with Crippen LogP contribution in [0.25, 0.3) is 5.65 Å². The number of nitrogens with one attached hydrogen (secondary N) is 1. The Labute approximate surface area is 216 Å². The van der Waals surface area contributed by atoms with Gasteiger partial charge in [-0.05, 0) is 31.5 Å². The second kappa shape index (κ2) is 9.65. The lowest BCUT2D eigenvalue weighted by Gasteiger charge is -2.31. The molecule has 5 rings (SSSR count). The van der Waals surface area contributed by atoms with Crippen LogP contribution in [0.1, 0.15) is 50.5 Å². The summed E-state index contributed by atoms with van der Waals surface area (Å²) in [5.41, 5.74) is 0.747. The smallest absolute Gasteiger partial charge is 0.338 e. The number of fused-ring (bicyclic) bond motifs is 2. The number of alkyl halides is 1. The predicted octanol–water partition coefficient (Wildman–Crippen LogP) is 1.58. The molecule has 1 atom stereocenters. The molecule has 3 N–H and O–H groups in total. The van der Waals surface area contributed by atoms with Gasteiger partial charge in [0.15, 0.2) is 5.65 Å². The van der Waals surface area contributed by atoms with Crippen LogP contribution in [-0.4, -0.2) is 92.1 Å². The number of halogens is 1. The van der Waals surface area contributed by atoms with Gasteiger partial charge in [0, 0.05) is 37.6 Å². The van der Waals surface area contributed by atoms with Crippen molar-refractivity contribution in [3.05, 3.63) is 53.0 Å². The topological polar surface area (TPSA) is 150 Å². The fourth-order valence-electron chi connectivity index (χ4n) is 4.48. The molecule has 2 aromatic heterocycles. The zero-order chi connectivity index (χ0) is 27.2. The number of aromatic carboxylic acids is 1. The zero-order valence-electron chi connectivity index (χ0n) is 20.8. The van der Waals surface area contributed by atoms with Gasteiger partial charge in [0.05, 0.1) is 48.5 Å². The molecule has 0 radical (unpaired) electrons. The molecule has 0 bridgehead atoms. The minimum absolute atomic E-state index is 0.0740. The van der Waals surface area contributed by atoms with Crippen molar-refractivity contribution in [2.75, 3.05) is 43.1 Å². The summed E-state index contributed by atoms with van der Waals surface area (Å²) in [6.07, 6.45) is 2.08. The molecule has 0 unspecified atom stereocenters. The second-order valence-corrected chi connectivity index (χ2v) is 9.86. The number of aliphatic hydroxyl groups is 1. The molecule has 13 heteroatoms. The monoisotopic (exact) mass is 526 g/mol. The molecule has 0 saturated carbocycles. The normalized spacial score (nSPS) is 16.6. The van der Waals surface area contributed by atoms with Crippen molar-refractivity contribution in [1.29, 1.82) is 0 Å². The van der Waals surface area contributed by atoms with Crippen molar-refractivity contribution in [2.45, 2.75) is 32.2 Å². The van der Waals surface area contributed by atoms with E-state index in [1.165, 1.54) is 35.7 Å². The third kappa shape index (κ3) is 4.77. The number of nitrogens with zero attached hydrogens (tertiary/aromatic N) is 5. The first-order valence-electron chi connectivity index (χ1n) is 12.1. The third-order valence-electron chi connectivity index (χ3n) is 6.70. The van der Waals surface area contributed by atoms with Crippen LogP contribution in [0.4, 0.5) is 15.8 Å². The van der Waals surface area contributed by atoms with E-state index in [-0.39, 0.29) is 35.8 Å². The number of anilines is 2. The Hall–Kier alpha value is -4.10. The second-order valence-electron chi connectivity index (χ2n) is 9.86. The summed E-state index contributed by atoms with van der Waals surface area (Å²) in [4.78, 5) is 45.1. The summed E-state index contributed by atoms with van der Waals surface area (Å²) >= 11 is 0. The number of hydrogen-bond donors (Lipinski definition) is 3. The molecule has 38 heavy (non-hydrogen) atoms. The Morgan fingerprint density at radius 3 is 2.66 bits per heavy atom. The van der Waals surface area contributed by atoms with Gasteiger partial charge in [-0.25, -0.2) is 18.7 Å². The van der Waals surface area contributed by atoms with Crippen molar-refractivity contribution >= 4 is 34.8 Å². The maximum Gasteiger partial charge on any atom is 0.338 e. The van der Waals surface area contributed by atoms with E-state index in [2.05, 4.69) is 15.4 Å². The van der Waals surface area contributed by atoms with Crippen molar-refractivity contribution in [3.8, 4) is 0 Å². The number of carbonyl (C=O) groups excluding carboxylic acids is 2. The molecule has 2 amide bonds. The Morgan fingerprint density at radius 1 is 1.24 bits per heavy atom. The maximum absolute atomic E-state index is 14.6. The van der Waals surface area contributed by atoms with Crippen LogP contribution < -0.4 is 10.2 Å². The Kier molecular flexibility index (Phi) is 6.49. The quantitative estimate of drug-likeness (QED) is 0.417. The maximum atomic E-state index is 14.6. The van der Waals surface area contributed by atoms with Crippen molar-refractivity contribution in [2.24, 2.45) is 0 Å². The molecular weight excluding hydrogens is 499 g/mol. The molecular formula is C25H27FN6O6. The predicted molar refractivity (Wildman–Crippen MR) is 133 cm³/mol. The summed E-state index contributed by atoms with van der Waals surface area (Å²) in [6.45, 7) is 4.61. The molecule has 4 heterocycles. The van der Waals surface area contributed by atoms with Gasteiger partial charge in [0.1, 0.15) is 11.7 Å². The average Bonchev–Trinajstić information content (AvgIpc) is 3.43. The van der Waals surface area contributed by atoms with Gasteiger partial charge in [-0.1, -0.05) is 0 Å². The number of aromatic nitrogens is 3. The number of hydrogen-bond acceptors (Lipinski definition) is 8. The van der Waals surface area contributed by atoms with E-state index < -0.39 is 23.6 Å². The molecule has 2 aliphatic rings. The standard InChI is InChI=1S/C25H27FN6O6/c1-25(2,37)20(26)13-31-11-14-7-18(19(8-16(14)23(31)34)30-3-5-38-6-4-30)29-22(33)17-10-28-32-12-15(24(35)36)9-27-21(17)32/h7-10,12,20,37H,3-6,11,13H2,1-2H3,(H,29,33)(H,35,36)/t20-/m1/s1. The molecule has 12 nitrogen and oxygen atoms in total. The SMILES string of the molecule is CC(C)(O)[C@H](F)CN1Cc2cc(NC(=O)c3cnn4cc(C(=O)O)cnc34)c(N3CCOCC3)cc2C1=O. The summed E-state index contributed by atoms with van der Waals surface area (Å²) in [6, 6.07) is 3.40. The molecule has 0 spiro atoms. The largest absolute Gasteiger partial charge is 0.478 e. The van der Waals surface area contributed by atoms with Gasteiger partial charge < -0.3 is 30.1 Å². The number of benzene rings is 1. The first-order chi connectivity index (χ1) is 18.0. The van der Waals surface area contributed by atoms with Crippen molar-refractivity contribution in [1.82, 2.24) is 19.5 Å². The number of ether oxygens (including phenoxy) is 1. The van der Waals surface area contributed by atoms with Gasteiger partial charge in [-0.2, -0.15) is 5.10 Å². The van der Waals surface area contributed by atoms with Gasteiger partial charge in [0.25, 0.3) is 11.8 Å². The lowest BCUT2D eigenvalue weighted by atomic mass is 10.0. The number of rotatable bonds is 7. The average molecular weight is 527 g/mol. The van der Waals surface area contributed by atoms with Crippen molar-refractivity contribution in [3.63, 3.8) is 0 Å². The number of carboxylic acid groups (broad SMARTS) is 1. The highest BCUT2D eigenvalue weighted by atomic mass is 19.1. The highest BCUT2D eigenvalue weighted by Gasteiger charge is 2.36. The van der Waals surface area contributed by atoms with E-state index in [1.54, 1.807) is 12.1 Å². The minimum Gasteiger partial charge on any atom is -0.478 e. The molecule has 1 aromatic carbocycles. The first-order valence-corrected chi connectivity index (χ1v) is 12.1. The van der Waals surface area contributed by atoms with E-state index >= 15 is 0 Å². The molecule has 2 aliphatic heterocycles. The summed E-state index contributed by atoms with van der Waals surface area (Å²) in [5, 5.41) is 26.1. The molecule has 0 aliphatic carbocycles. The van der Waals surface area contributed by atoms with Crippen LogP contribution in [0, 0.1) is 0 Å². The number of carboxylic acids is 1. The van der Waals surface area contributed by atoms with Crippen LogP contribution in [0.2, 0.25) is 0 Å². The van der Waals surface area contributed by atoms with Gasteiger partial charge >= 0.3 is 5.97 Å². The van der Waals surface area contributed by atoms with Crippen LogP contribution >= 0.6 is 0 Å². The van der Waals surface area contributed by atoms with Gasteiger partial charge in [-0.15, -0.1) is 0 Å². The molecule has 1 fully saturated rings. The summed E-state index contributed by atoms with van der Waals surface area (Å²) in [7, 11) is 0. The lowest BCUT2D eigenvalue weighted by Crippen LogP contribution is -2.42. The summed E-state index contributed by atoms with van der Waals surface area (Å²) < 4.78 is 21.2. The first kappa shape index (κ1) is 25.5. The van der Waals surface area contributed by atoms with E-state index in [4.69, 9.17) is 4.74 Å². The summed E-state index contributed by atoms with van der Waals surface area (Å²) in [5.74, 6) is -2.03. The number of carbonyl (C=O) groups is 3. The van der Waals surface area contributed by atoms with Crippen molar-refractivity contribution < 1.29 is 33.7 Å². The lowest BCUT2D eigenvalue weighted by molar-refractivity contribution is -0.0159. The van der Waals surface area contributed by atoms with Gasteiger partial charge in [-0.3, -0.25) is 9.59 Å². The van der Waals surface area contributed by atoms with E-state index in [0.29, 0.717) is 48.8 Å².